The molecule has 7 N–H and O–H groups in total. The van der Waals surface area contributed by atoms with Crippen molar-refractivity contribution in [1.82, 2.24) is 80.6 Å². The number of anilines is 6. The van der Waals surface area contributed by atoms with Gasteiger partial charge in [-0.25, -0.2) is 0 Å². The molecule has 0 radical (unpaired) electrons. The predicted octanol–water partition coefficient (Wildman–Crippen LogP) is 6.61. The molecule has 0 bridgehead atoms. The van der Waals surface area contributed by atoms with Gasteiger partial charge in [-0.15, -0.1) is 35.7 Å². The minimum atomic E-state index is -0.149. The van der Waals surface area contributed by atoms with Gasteiger partial charge in [0.1, 0.15) is 12.8 Å². The fraction of sp³-hybridized carbons (Fsp3) is 0.516. The van der Waals surface area contributed by atoms with Crippen molar-refractivity contribution >= 4 is 109 Å². The first-order valence-corrected chi connectivity index (χ1v) is 31.1. The van der Waals surface area contributed by atoms with Crippen LogP contribution in [0.3, 0.4) is 0 Å². The van der Waals surface area contributed by atoms with Crippen molar-refractivity contribution in [3.63, 3.8) is 0 Å². The van der Waals surface area contributed by atoms with E-state index in [2.05, 4.69) is 126 Å². The highest BCUT2D eigenvalue weighted by molar-refractivity contribution is 5.98. The monoisotopic (exact) mass is 1240 g/mol. The van der Waals surface area contributed by atoms with Gasteiger partial charge >= 0.3 is 0 Å². The van der Waals surface area contributed by atoms with Gasteiger partial charge in [0.2, 0.25) is 30.5 Å². The van der Waals surface area contributed by atoms with Crippen molar-refractivity contribution in [3.8, 4) is 12.1 Å². The smallest absolute Gasteiger partial charge is 0.236 e. The van der Waals surface area contributed by atoms with E-state index in [-0.39, 0.29) is 42.6 Å². The Hall–Kier alpha value is -10.1. The summed E-state index contributed by atoms with van der Waals surface area (Å²) in [5.41, 5.74) is 5.54. The quantitative estimate of drug-likeness (QED) is 0.0531. The Kier molecular flexibility index (Phi) is 21.9. The molecule has 91 heavy (non-hydrogen) atoms. The number of likely N-dealkylation sites (N-methyl/N-ethyl adjacent to an activating group) is 3. The first kappa shape index (κ1) is 65.4. The van der Waals surface area contributed by atoms with Gasteiger partial charge in [-0.3, -0.25) is 24.0 Å². The summed E-state index contributed by atoms with van der Waals surface area (Å²) in [6, 6.07) is 12.5. The van der Waals surface area contributed by atoms with Crippen LogP contribution >= 0.6 is 0 Å². The number of hydrogen-bond donors (Lipinski definition) is 7. The summed E-state index contributed by atoms with van der Waals surface area (Å²) in [5.74, 6) is 3.50. The molecule has 4 fully saturated rings. The molecule has 12 rings (SSSR count). The number of aromatic nitrogens is 13. The van der Waals surface area contributed by atoms with Crippen LogP contribution in [0.5, 0.6) is 0 Å². The Bertz CT molecular complexity index is 3870. The largest absolute Gasteiger partial charge is 0.378 e. The number of nitrogens with zero attached hydrogens (tertiary/aromatic N) is 17. The number of carbonyl (C=O) groups is 5. The molecule has 8 atom stereocenters. The normalized spacial score (nSPS) is 21.3. The van der Waals surface area contributed by atoms with E-state index in [1.165, 1.54) is 19.3 Å². The second-order valence-corrected chi connectivity index (χ2v) is 24.0. The van der Waals surface area contributed by atoms with Crippen LogP contribution in [0.1, 0.15) is 98.8 Å². The van der Waals surface area contributed by atoms with Crippen LogP contribution in [0.25, 0.3) is 44.1 Å². The molecule has 11 heterocycles. The molecular formula is C62H82N24O5. The Morgan fingerprint density at radius 1 is 0.571 bits per heavy atom. The Balaban J connectivity index is 0.000000144. The highest BCUT2D eigenvalue weighted by atomic mass is 16.2. The SMILES string of the molecule is CC1CCCCC1Nc1c(NC=O)nnc2[nH]ccc12.CCC(=O)N1CC[C@@H](C)[C@@H](N(C)c2cnnc3[nH]ccc23)C1.C[C@@H]1CCN(C(=O)CC#N)C[C@@H]1N(C)c1c(NC=O)nnc2[nH]ccc12.C[C@@H]1CCN(C(=O)CC#N)C[C@@H]1N(C)c1nnnc2[nH]ccc12. The number of aromatic amines is 4. The topological polar surface area (TPSA) is 368 Å². The average molecular weight is 1240 g/mol. The van der Waals surface area contributed by atoms with E-state index in [0.717, 1.165) is 94.5 Å². The highest BCUT2D eigenvalue weighted by Gasteiger charge is 2.36. The van der Waals surface area contributed by atoms with Gasteiger partial charge in [0.15, 0.2) is 40.0 Å². The van der Waals surface area contributed by atoms with Crippen LogP contribution < -0.4 is 30.7 Å². The lowest BCUT2D eigenvalue weighted by atomic mass is 9.86. The molecule has 2 unspecified atom stereocenters. The maximum atomic E-state index is 12.1. The van der Waals surface area contributed by atoms with Crippen molar-refractivity contribution in [3.05, 3.63) is 55.2 Å². The van der Waals surface area contributed by atoms with Crippen LogP contribution in [-0.2, 0) is 24.0 Å². The van der Waals surface area contributed by atoms with Crippen LogP contribution in [0.4, 0.5) is 34.5 Å². The van der Waals surface area contributed by atoms with Gasteiger partial charge in [0.05, 0.1) is 46.8 Å². The molecule has 3 aliphatic heterocycles. The van der Waals surface area contributed by atoms with Crippen LogP contribution in [0.15, 0.2) is 55.2 Å². The molecule has 8 aromatic heterocycles. The summed E-state index contributed by atoms with van der Waals surface area (Å²) in [5, 5.41) is 66.6. The van der Waals surface area contributed by atoms with E-state index in [1.54, 1.807) is 16.0 Å². The molecule has 29 nitrogen and oxygen atoms in total. The second kappa shape index (κ2) is 30.4. The average Bonchev–Trinajstić information content (AvgIpc) is 2.38. The van der Waals surface area contributed by atoms with Crippen molar-refractivity contribution in [2.45, 2.75) is 123 Å². The number of piperidine rings is 3. The van der Waals surface area contributed by atoms with Gasteiger partial charge in [0, 0.05) is 126 Å². The summed E-state index contributed by atoms with van der Waals surface area (Å²) in [6.07, 6.45) is 18.4. The number of amides is 5. The molecule has 0 spiro atoms. The van der Waals surface area contributed by atoms with E-state index < -0.39 is 0 Å². The Morgan fingerprint density at radius 3 is 1.63 bits per heavy atom. The van der Waals surface area contributed by atoms with E-state index in [1.807, 2.05) is 92.0 Å². The predicted molar refractivity (Wildman–Crippen MR) is 346 cm³/mol. The van der Waals surface area contributed by atoms with Crippen LogP contribution in [0.2, 0.25) is 0 Å². The summed E-state index contributed by atoms with van der Waals surface area (Å²) >= 11 is 0. The highest BCUT2D eigenvalue weighted by Crippen LogP contribution is 2.37. The van der Waals surface area contributed by atoms with Crippen LogP contribution in [-0.4, -0.2) is 196 Å². The Labute approximate surface area is 527 Å². The zero-order chi connectivity index (χ0) is 64.7. The van der Waals surface area contributed by atoms with Gasteiger partial charge in [-0.2, -0.15) is 15.6 Å². The van der Waals surface area contributed by atoms with Gasteiger partial charge in [0.25, 0.3) is 0 Å². The van der Waals surface area contributed by atoms with E-state index in [0.29, 0.717) is 104 Å². The number of nitriles is 2. The number of H-pyrrole nitrogens is 4. The van der Waals surface area contributed by atoms with E-state index in [9.17, 15) is 24.0 Å². The zero-order valence-corrected chi connectivity index (χ0v) is 52.9. The fourth-order valence-corrected chi connectivity index (χ4v) is 13.0. The number of rotatable bonds is 15. The third-order valence-electron chi connectivity index (χ3n) is 18.5. The van der Waals surface area contributed by atoms with Gasteiger partial charge < -0.3 is 65.3 Å². The number of fused-ring (bicyclic) bond motifs is 4. The standard InChI is InChI=1S/C17H21N7O2.C16H23N5O.C15H19N7O.C14H19N5O/c1-11-5-8-24(14(26)3-6-18)9-13(11)23(2)15-12-4-7-19-16(12)21-22-17(15)20-10-25;1-4-15(22)21-8-6-11(2)14(10-21)20(3)13-9-18-19-16-12(13)5-7-17-16;1-10-5-8-22(13(23)3-6-16)9-12(10)21(2)15-11-4-7-17-14(11)18-20-19-15;1-9-4-2-3-5-11(9)17-12-10-6-7-15-13(10)18-19-14(12)16-8-20/h4,7,10-11,13H,3,5,8-9H2,1-2H3,(H,19,21)(H,20,22,25);5,7,9,11,14H,4,6,8,10H2,1-3H3,(H,17,19);4,7,10,12H,3,5,8-9H2,1-2H3,(H,17,18,19);6-9,11H,2-5H2,1H3,(H2,15,17,18)(H,16,19,20)/t11-,13+;11-,14+;10-,12+;/m111./s1. The van der Waals surface area contributed by atoms with Crippen molar-refractivity contribution in [2.75, 3.05) is 91.1 Å². The maximum absolute atomic E-state index is 12.1. The summed E-state index contributed by atoms with van der Waals surface area (Å²) in [4.78, 5) is 82.0. The summed E-state index contributed by atoms with van der Waals surface area (Å²) < 4.78 is 0. The van der Waals surface area contributed by atoms with E-state index in [4.69, 9.17) is 10.5 Å². The number of carbonyl (C=O) groups excluding carboxylic acids is 5. The first-order valence-electron chi connectivity index (χ1n) is 31.1. The zero-order valence-electron chi connectivity index (χ0n) is 52.9. The molecular weight excluding hydrogens is 1160 g/mol. The molecule has 4 aliphatic rings. The molecule has 0 aromatic carbocycles. The van der Waals surface area contributed by atoms with Crippen molar-refractivity contribution in [1.29, 1.82) is 10.5 Å². The molecule has 5 amide bonds. The first-order chi connectivity index (χ1) is 44.1. The lowest BCUT2D eigenvalue weighted by Gasteiger charge is -2.42. The second-order valence-electron chi connectivity index (χ2n) is 24.0. The fourth-order valence-electron chi connectivity index (χ4n) is 13.0. The summed E-state index contributed by atoms with van der Waals surface area (Å²) in [7, 11) is 5.99. The molecule has 1 aliphatic carbocycles. The molecule has 3 saturated heterocycles. The van der Waals surface area contributed by atoms with Gasteiger partial charge in [-0.05, 0) is 85.3 Å². The third-order valence-corrected chi connectivity index (χ3v) is 18.5. The molecule has 1 saturated carbocycles. The number of nitrogens with one attached hydrogen (secondary N) is 7. The number of hydrogen-bond acceptors (Lipinski definition) is 20. The molecule has 8 aromatic rings. The van der Waals surface area contributed by atoms with Gasteiger partial charge in [-0.1, -0.05) is 47.5 Å². The number of likely N-dealkylation sites (tertiary alicyclic amines) is 3. The minimum absolute atomic E-state index is 0.0286. The third kappa shape index (κ3) is 15.0. The maximum Gasteiger partial charge on any atom is 0.236 e. The minimum Gasteiger partial charge on any atom is -0.378 e. The van der Waals surface area contributed by atoms with Crippen molar-refractivity contribution in [2.24, 2.45) is 23.7 Å². The van der Waals surface area contributed by atoms with E-state index >= 15 is 0 Å². The summed E-state index contributed by atoms with van der Waals surface area (Å²) in [6.45, 7) is 14.9. The Morgan fingerprint density at radius 2 is 1.05 bits per heavy atom. The lowest BCUT2D eigenvalue weighted by Crippen LogP contribution is -2.52. The molecule has 480 valence electrons. The van der Waals surface area contributed by atoms with Crippen LogP contribution in [0, 0.1) is 46.3 Å². The lowest BCUT2D eigenvalue weighted by molar-refractivity contribution is -0.133. The molecule has 29 heteroatoms. The van der Waals surface area contributed by atoms with Crippen molar-refractivity contribution < 1.29 is 24.0 Å².